The van der Waals surface area contributed by atoms with Crippen LogP contribution in [0.1, 0.15) is 31.7 Å². The Kier molecular flexibility index (Phi) is 7.35. The number of para-hydroxylation sites is 1. The van der Waals surface area contributed by atoms with Gasteiger partial charge in [-0.1, -0.05) is 19.1 Å². The Bertz CT molecular complexity index is 506. The van der Waals surface area contributed by atoms with Crippen LogP contribution >= 0.6 is 0 Å². The number of alkyl halides is 3. The fourth-order valence-electron chi connectivity index (χ4n) is 2.39. The molecule has 1 aromatic rings. The molecule has 0 aliphatic rings. The highest BCUT2D eigenvalue weighted by atomic mass is 19.4. The molecular weight excluding hydrogens is 311 g/mol. The van der Waals surface area contributed by atoms with E-state index < -0.39 is 17.7 Å². The number of nitrogens with two attached hydrogens (primary N) is 1. The minimum absolute atomic E-state index is 0.00138. The van der Waals surface area contributed by atoms with Crippen molar-refractivity contribution in [2.45, 2.75) is 32.4 Å². The van der Waals surface area contributed by atoms with Crippen LogP contribution in [0.3, 0.4) is 0 Å². The van der Waals surface area contributed by atoms with Crippen molar-refractivity contribution in [1.29, 1.82) is 0 Å². The number of carbonyl (C=O) groups is 1. The van der Waals surface area contributed by atoms with Gasteiger partial charge in [0.25, 0.3) is 0 Å². The minimum Gasteiger partial charge on any atom is -0.493 e. The number of aliphatic carboxylic acids is 1. The van der Waals surface area contributed by atoms with E-state index in [0.29, 0.717) is 12.8 Å². The lowest BCUT2D eigenvalue weighted by Gasteiger charge is -2.19. The van der Waals surface area contributed by atoms with Gasteiger partial charge < -0.3 is 15.6 Å². The first-order valence-electron chi connectivity index (χ1n) is 7.45. The Morgan fingerprint density at radius 3 is 2.57 bits per heavy atom. The van der Waals surface area contributed by atoms with Crippen molar-refractivity contribution < 1.29 is 27.8 Å². The topological polar surface area (TPSA) is 72.5 Å². The zero-order valence-corrected chi connectivity index (χ0v) is 13.0. The van der Waals surface area contributed by atoms with Gasteiger partial charge in [0.05, 0.1) is 12.2 Å². The molecule has 0 aliphatic carbocycles. The van der Waals surface area contributed by atoms with E-state index in [-0.39, 0.29) is 37.2 Å². The Morgan fingerprint density at radius 1 is 1.35 bits per heavy atom. The Morgan fingerprint density at radius 2 is 2.00 bits per heavy atom. The van der Waals surface area contributed by atoms with Crippen LogP contribution in [-0.4, -0.2) is 24.2 Å². The highest BCUT2D eigenvalue weighted by Gasteiger charge is 2.34. The van der Waals surface area contributed by atoms with Gasteiger partial charge >= 0.3 is 12.1 Å². The highest BCUT2D eigenvalue weighted by molar-refractivity contribution is 5.67. The predicted molar refractivity (Wildman–Crippen MR) is 80.1 cm³/mol. The normalized spacial score (nSPS) is 14.3. The summed E-state index contributed by atoms with van der Waals surface area (Å²) in [6, 6.07) is 5.08. The third kappa shape index (κ3) is 6.90. The first-order valence-corrected chi connectivity index (χ1v) is 7.45. The Labute approximate surface area is 133 Å². The van der Waals surface area contributed by atoms with E-state index in [1.165, 1.54) is 18.2 Å². The van der Waals surface area contributed by atoms with Crippen LogP contribution in [0.5, 0.6) is 5.75 Å². The predicted octanol–water partition coefficient (Wildman–Crippen LogP) is 3.55. The summed E-state index contributed by atoms with van der Waals surface area (Å²) in [7, 11) is 0. The summed E-state index contributed by atoms with van der Waals surface area (Å²) in [5, 5.41) is 8.77. The molecule has 23 heavy (non-hydrogen) atoms. The molecule has 130 valence electrons. The van der Waals surface area contributed by atoms with Crippen LogP contribution in [0.2, 0.25) is 0 Å². The van der Waals surface area contributed by atoms with Crippen LogP contribution in [0, 0.1) is 11.8 Å². The summed E-state index contributed by atoms with van der Waals surface area (Å²) in [5.74, 6) is -1.11. The molecular formula is C16H22F3NO3. The molecule has 2 atom stereocenters. The number of benzene rings is 1. The molecule has 0 aromatic heterocycles. The van der Waals surface area contributed by atoms with Gasteiger partial charge in [-0.2, -0.15) is 13.2 Å². The molecule has 0 saturated carbocycles. The number of carboxylic acids is 1. The summed E-state index contributed by atoms with van der Waals surface area (Å²) < 4.78 is 43.7. The first-order chi connectivity index (χ1) is 10.7. The van der Waals surface area contributed by atoms with Crippen molar-refractivity contribution in [2.24, 2.45) is 17.6 Å². The van der Waals surface area contributed by atoms with Crippen molar-refractivity contribution in [3.05, 3.63) is 29.8 Å². The highest BCUT2D eigenvalue weighted by Crippen LogP contribution is 2.36. The second-order valence-corrected chi connectivity index (χ2v) is 5.67. The number of hydrogen-bond acceptors (Lipinski definition) is 3. The van der Waals surface area contributed by atoms with Crippen LogP contribution < -0.4 is 10.5 Å². The molecule has 1 rings (SSSR count). The fraction of sp³-hybridized carbons (Fsp3) is 0.562. The molecule has 0 bridgehead atoms. The summed E-state index contributed by atoms with van der Waals surface area (Å²) in [4.78, 5) is 10.7. The lowest BCUT2D eigenvalue weighted by atomic mass is 9.91. The fourth-order valence-corrected chi connectivity index (χ4v) is 2.39. The van der Waals surface area contributed by atoms with Crippen molar-refractivity contribution in [3.8, 4) is 5.75 Å². The number of hydrogen-bond donors (Lipinski definition) is 2. The number of carboxylic acid groups (broad SMARTS) is 1. The molecule has 7 heteroatoms. The van der Waals surface area contributed by atoms with Gasteiger partial charge in [-0.3, -0.25) is 4.79 Å². The van der Waals surface area contributed by atoms with Crippen LogP contribution in [-0.2, 0) is 11.0 Å². The number of halogens is 3. The van der Waals surface area contributed by atoms with Gasteiger partial charge in [-0.25, -0.2) is 0 Å². The zero-order chi connectivity index (χ0) is 17.5. The second kappa shape index (κ2) is 8.76. The third-order valence-electron chi connectivity index (χ3n) is 3.59. The van der Waals surface area contributed by atoms with Crippen LogP contribution in [0.25, 0.3) is 0 Å². The van der Waals surface area contributed by atoms with Gasteiger partial charge in [-0.05, 0) is 43.4 Å². The van der Waals surface area contributed by atoms with E-state index in [2.05, 4.69) is 0 Å². The van der Waals surface area contributed by atoms with E-state index in [4.69, 9.17) is 15.6 Å². The van der Waals surface area contributed by atoms with Crippen LogP contribution in [0.4, 0.5) is 13.2 Å². The molecule has 0 radical (unpaired) electrons. The van der Waals surface area contributed by atoms with Gasteiger partial charge in [0.2, 0.25) is 0 Å². The number of ether oxygens (including phenoxy) is 1. The zero-order valence-electron chi connectivity index (χ0n) is 13.0. The molecule has 0 spiro atoms. The molecule has 0 heterocycles. The van der Waals surface area contributed by atoms with E-state index in [1.54, 1.807) is 0 Å². The average Bonchev–Trinajstić information content (AvgIpc) is 2.45. The van der Waals surface area contributed by atoms with Gasteiger partial charge in [0, 0.05) is 6.42 Å². The quantitative estimate of drug-likeness (QED) is 0.725. The number of rotatable bonds is 9. The standard InChI is InChI=1S/C16H22F3NO3/c1-11(8-12(10-20)9-15(21)22)6-7-23-14-5-3-2-4-13(14)16(17,18)19/h2-5,11-12H,6-10,20H2,1H3,(H,21,22)/t11?,12-/m0/s1. The summed E-state index contributed by atoms with van der Waals surface area (Å²) in [6.07, 6.45) is -3.32. The summed E-state index contributed by atoms with van der Waals surface area (Å²) in [6.45, 7) is 2.32. The maximum Gasteiger partial charge on any atom is 0.419 e. The largest absolute Gasteiger partial charge is 0.493 e. The molecule has 4 nitrogen and oxygen atoms in total. The molecule has 0 amide bonds. The van der Waals surface area contributed by atoms with E-state index in [0.717, 1.165) is 6.07 Å². The molecule has 0 aliphatic heterocycles. The summed E-state index contributed by atoms with van der Waals surface area (Å²) >= 11 is 0. The maximum atomic E-state index is 12.8. The summed E-state index contributed by atoms with van der Waals surface area (Å²) in [5.41, 5.74) is 4.74. The van der Waals surface area contributed by atoms with Crippen molar-refractivity contribution in [1.82, 2.24) is 0 Å². The van der Waals surface area contributed by atoms with Gasteiger partial charge in [0.15, 0.2) is 0 Å². The molecule has 3 N–H and O–H groups in total. The van der Waals surface area contributed by atoms with Crippen LogP contribution in [0.15, 0.2) is 24.3 Å². The van der Waals surface area contributed by atoms with E-state index in [9.17, 15) is 18.0 Å². The minimum atomic E-state index is -4.45. The third-order valence-corrected chi connectivity index (χ3v) is 3.59. The lowest BCUT2D eigenvalue weighted by molar-refractivity contribution is -0.139. The van der Waals surface area contributed by atoms with E-state index in [1.807, 2.05) is 6.92 Å². The van der Waals surface area contributed by atoms with E-state index >= 15 is 0 Å². The maximum absolute atomic E-state index is 12.8. The van der Waals surface area contributed by atoms with Crippen molar-refractivity contribution in [2.75, 3.05) is 13.2 Å². The molecule has 1 aromatic carbocycles. The average molecular weight is 333 g/mol. The van der Waals surface area contributed by atoms with Crippen molar-refractivity contribution in [3.63, 3.8) is 0 Å². The Hall–Kier alpha value is -1.76. The molecule has 0 saturated heterocycles. The van der Waals surface area contributed by atoms with Crippen molar-refractivity contribution >= 4 is 5.97 Å². The first kappa shape index (κ1) is 19.3. The molecule has 1 unspecified atom stereocenters. The smallest absolute Gasteiger partial charge is 0.419 e. The van der Waals surface area contributed by atoms with Gasteiger partial charge in [-0.15, -0.1) is 0 Å². The SMILES string of the molecule is CC(CCOc1ccccc1C(F)(F)F)C[C@H](CN)CC(=O)O. The second-order valence-electron chi connectivity index (χ2n) is 5.67. The van der Waals surface area contributed by atoms with Gasteiger partial charge in [0.1, 0.15) is 5.75 Å². The lowest BCUT2D eigenvalue weighted by Crippen LogP contribution is -2.21. The monoisotopic (exact) mass is 333 g/mol. The molecule has 0 fully saturated rings. The Balaban J connectivity index is 2.49.